The molecule has 0 saturated heterocycles. The number of aryl methyl sites for hydroxylation is 3. The van der Waals surface area contributed by atoms with Crippen LogP contribution in [0.15, 0.2) is 9.32 Å². The molecule has 2 rings (SSSR count). The van der Waals surface area contributed by atoms with Crippen LogP contribution < -0.4 is 5.56 Å². The molecule has 0 unspecified atom stereocenters. The van der Waals surface area contributed by atoms with Gasteiger partial charge in [0.15, 0.2) is 0 Å². The molecule has 1 N–H and O–H groups in total. The van der Waals surface area contributed by atoms with E-state index in [1.165, 1.54) is 0 Å². The lowest BCUT2D eigenvalue weighted by molar-refractivity contribution is -0.144. The zero-order valence-electron chi connectivity index (χ0n) is 14.1. The fourth-order valence-electron chi connectivity index (χ4n) is 2.58. The molecule has 0 amide bonds. The first-order valence-corrected chi connectivity index (χ1v) is 7.55. The predicted molar refractivity (Wildman–Crippen MR) is 85.3 cm³/mol. The van der Waals surface area contributed by atoms with Crippen LogP contribution in [-0.2, 0) is 22.6 Å². The standard InChI is InChI=1S/C17H19N3O4/c1-9-13(10(2)19-17(22)14(9)7-18)5-6-16(21)23-8-15-11(3)20-24-12(15)4/h5-6,8H2,1-4H3,(H,19,22). The van der Waals surface area contributed by atoms with Crippen molar-refractivity contribution in [2.24, 2.45) is 0 Å². The summed E-state index contributed by atoms with van der Waals surface area (Å²) in [6, 6.07) is 1.90. The topological polar surface area (TPSA) is 109 Å². The maximum atomic E-state index is 12.0. The number of nitrogens with zero attached hydrogens (tertiary/aromatic N) is 2. The van der Waals surface area contributed by atoms with E-state index in [1.807, 2.05) is 6.07 Å². The summed E-state index contributed by atoms with van der Waals surface area (Å²) >= 11 is 0. The summed E-state index contributed by atoms with van der Waals surface area (Å²) in [5.41, 5.74) is 3.21. The molecule has 0 aliphatic rings. The van der Waals surface area contributed by atoms with Gasteiger partial charge in [-0.1, -0.05) is 5.16 Å². The molecule has 0 aliphatic heterocycles. The number of rotatable bonds is 5. The van der Waals surface area contributed by atoms with Crippen LogP contribution in [0.4, 0.5) is 0 Å². The largest absolute Gasteiger partial charge is 0.461 e. The van der Waals surface area contributed by atoms with Crippen molar-refractivity contribution in [3.63, 3.8) is 0 Å². The molecule has 0 radical (unpaired) electrons. The lowest BCUT2D eigenvalue weighted by atomic mass is 9.99. The summed E-state index contributed by atoms with van der Waals surface area (Å²) in [4.78, 5) is 26.3. The molecule has 0 aromatic carbocycles. The van der Waals surface area contributed by atoms with E-state index in [2.05, 4.69) is 10.1 Å². The number of carbonyl (C=O) groups excluding carboxylic acids is 1. The van der Waals surface area contributed by atoms with Gasteiger partial charge in [0.05, 0.1) is 11.3 Å². The molecule has 7 heteroatoms. The third-order valence-corrected chi connectivity index (χ3v) is 4.06. The lowest BCUT2D eigenvalue weighted by Gasteiger charge is -2.10. The van der Waals surface area contributed by atoms with Gasteiger partial charge < -0.3 is 14.2 Å². The van der Waals surface area contributed by atoms with E-state index in [4.69, 9.17) is 14.5 Å². The van der Waals surface area contributed by atoms with E-state index in [1.54, 1.807) is 27.7 Å². The average molecular weight is 329 g/mol. The van der Waals surface area contributed by atoms with E-state index < -0.39 is 5.56 Å². The van der Waals surface area contributed by atoms with Gasteiger partial charge in [0, 0.05) is 12.1 Å². The summed E-state index contributed by atoms with van der Waals surface area (Å²) < 4.78 is 10.3. The lowest BCUT2D eigenvalue weighted by Crippen LogP contribution is -2.17. The number of pyridine rings is 1. The van der Waals surface area contributed by atoms with Crippen molar-refractivity contribution in [3.8, 4) is 6.07 Å². The number of ether oxygens (including phenoxy) is 1. The van der Waals surface area contributed by atoms with Gasteiger partial charge in [0.2, 0.25) is 0 Å². The van der Waals surface area contributed by atoms with Crippen molar-refractivity contribution in [2.75, 3.05) is 0 Å². The Kier molecular flexibility index (Phi) is 5.19. The molecule has 2 aromatic rings. The number of carbonyl (C=O) groups is 1. The van der Waals surface area contributed by atoms with E-state index in [0.29, 0.717) is 29.1 Å². The van der Waals surface area contributed by atoms with Crippen molar-refractivity contribution in [1.29, 1.82) is 5.26 Å². The number of H-pyrrole nitrogens is 1. The van der Waals surface area contributed by atoms with Crippen LogP contribution >= 0.6 is 0 Å². The molecule has 0 spiro atoms. The van der Waals surface area contributed by atoms with Crippen molar-refractivity contribution in [2.45, 2.75) is 47.1 Å². The molecule has 126 valence electrons. The maximum absolute atomic E-state index is 12.0. The minimum absolute atomic E-state index is 0.0830. The van der Waals surface area contributed by atoms with E-state index in [-0.39, 0.29) is 24.6 Å². The van der Waals surface area contributed by atoms with Gasteiger partial charge in [0.25, 0.3) is 5.56 Å². The number of aromatic nitrogens is 2. The molecular weight excluding hydrogens is 310 g/mol. The number of hydrogen-bond donors (Lipinski definition) is 1. The first kappa shape index (κ1) is 17.5. The first-order valence-electron chi connectivity index (χ1n) is 7.55. The number of esters is 1. The van der Waals surface area contributed by atoms with Gasteiger partial charge >= 0.3 is 5.97 Å². The molecule has 7 nitrogen and oxygen atoms in total. The van der Waals surface area contributed by atoms with Gasteiger partial charge in [-0.3, -0.25) is 9.59 Å². The van der Waals surface area contributed by atoms with Crippen LogP contribution in [0.3, 0.4) is 0 Å². The van der Waals surface area contributed by atoms with Crippen LogP contribution in [0.2, 0.25) is 0 Å². The van der Waals surface area contributed by atoms with E-state index >= 15 is 0 Å². The van der Waals surface area contributed by atoms with Crippen LogP contribution in [-0.4, -0.2) is 16.1 Å². The summed E-state index contributed by atoms with van der Waals surface area (Å²) in [5, 5.41) is 12.9. The number of nitrogens with one attached hydrogen (secondary N) is 1. The summed E-state index contributed by atoms with van der Waals surface area (Å²) in [6.45, 7) is 7.13. The molecule has 24 heavy (non-hydrogen) atoms. The van der Waals surface area contributed by atoms with Gasteiger partial charge in [-0.2, -0.15) is 5.26 Å². The maximum Gasteiger partial charge on any atom is 0.306 e. The zero-order valence-corrected chi connectivity index (χ0v) is 14.1. The number of nitriles is 1. The highest BCUT2D eigenvalue weighted by Gasteiger charge is 2.15. The first-order chi connectivity index (χ1) is 11.3. The third-order valence-electron chi connectivity index (χ3n) is 4.06. The molecule has 2 aromatic heterocycles. The second-order valence-electron chi connectivity index (χ2n) is 5.63. The van der Waals surface area contributed by atoms with Crippen LogP contribution in [0.1, 0.15) is 45.8 Å². The van der Waals surface area contributed by atoms with Crippen LogP contribution in [0.5, 0.6) is 0 Å². The normalized spacial score (nSPS) is 10.5. The monoisotopic (exact) mass is 329 g/mol. The molecule has 0 fully saturated rings. The highest BCUT2D eigenvalue weighted by molar-refractivity contribution is 5.70. The Balaban J connectivity index is 2.02. The van der Waals surface area contributed by atoms with E-state index in [9.17, 15) is 9.59 Å². The van der Waals surface area contributed by atoms with Crippen LogP contribution in [0, 0.1) is 39.0 Å². The Hall–Kier alpha value is -2.88. The predicted octanol–water partition coefficient (Wildman–Crippen LogP) is 2.14. The fourth-order valence-corrected chi connectivity index (χ4v) is 2.58. The van der Waals surface area contributed by atoms with Crippen LogP contribution in [0.25, 0.3) is 0 Å². The van der Waals surface area contributed by atoms with Gasteiger partial charge in [-0.05, 0) is 45.2 Å². The molecular formula is C17H19N3O4. The number of aromatic amines is 1. The van der Waals surface area contributed by atoms with Crippen molar-refractivity contribution in [1.82, 2.24) is 10.1 Å². The van der Waals surface area contributed by atoms with Gasteiger partial charge in [-0.15, -0.1) is 0 Å². The Bertz CT molecular complexity index is 852. The molecule has 0 bridgehead atoms. The SMILES string of the molecule is Cc1noc(C)c1COC(=O)CCc1c(C)[nH]c(=O)c(C#N)c1C. The zero-order chi connectivity index (χ0) is 17.9. The summed E-state index contributed by atoms with van der Waals surface area (Å²) in [7, 11) is 0. The van der Waals surface area contributed by atoms with Crippen molar-refractivity contribution in [3.05, 3.63) is 49.8 Å². The average Bonchev–Trinajstić information content (AvgIpc) is 2.83. The van der Waals surface area contributed by atoms with Crippen molar-refractivity contribution < 1.29 is 14.1 Å². The molecule has 0 aliphatic carbocycles. The molecule has 0 atom stereocenters. The Morgan fingerprint density at radius 2 is 2.00 bits per heavy atom. The van der Waals surface area contributed by atoms with Crippen molar-refractivity contribution >= 4 is 5.97 Å². The highest BCUT2D eigenvalue weighted by Crippen LogP contribution is 2.17. The molecule has 2 heterocycles. The quantitative estimate of drug-likeness (QED) is 0.842. The third kappa shape index (κ3) is 3.54. The minimum atomic E-state index is -0.405. The molecule has 0 saturated carbocycles. The van der Waals surface area contributed by atoms with Gasteiger partial charge in [-0.25, -0.2) is 0 Å². The van der Waals surface area contributed by atoms with Gasteiger partial charge in [0.1, 0.15) is 24.0 Å². The highest BCUT2D eigenvalue weighted by atomic mass is 16.5. The Morgan fingerprint density at radius 3 is 2.58 bits per heavy atom. The summed E-state index contributed by atoms with van der Waals surface area (Å²) in [5.74, 6) is 0.268. The second kappa shape index (κ2) is 7.13. The second-order valence-corrected chi connectivity index (χ2v) is 5.63. The Labute approximate surface area is 139 Å². The minimum Gasteiger partial charge on any atom is -0.461 e. The van der Waals surface area contributed by atoms with E-state index in [0.717, 1.165) is 11.1 Å². The smallest absolute Gasteiger partial charge is 0.306 e. The Morgan fingerprint density at radius 1 is 1.29 bits per heavy atom. The fraction of sp³-hybridized carbons (Fsp3) is 0.412. The number of hydrogen-bond acceptors (Lipinski definition) is 6. The summed E-state index contributed by atoms with van der Waals surface area (Å²) in [6.07, 6.45) is 0.547.